The first-order valence-corrected chi connectivity index (χ1v) is 4.96. The van der Waals surface area contributed by atoms with Gasteiger partial charge in [0.25, 0.3) is 0 Å². The zero-order valence-corrected chi connectivity index (χ0v) is 9.56. The number of hydrogen-bond donors (Lipinski definition) is 0. The van der Waals surface area contributed by atoms with E-state index in [-0.39, 0.29) is 24.3 Å². The maximum absolute atomic E-state index is 10.8. The van der Waals surface area contributed by atoms with Gasteiger partial charge in [-0.25, -0.2) is 0 Å². The van der Waals surface area contributed by atoms with E-state index in [1.807, 2.05) is 6.92 Å². The number of carbonyl (C=O) groups excluding carboxylic acids is 1. The lowest BCUT2D eigenvalue weighted by molar-refractivity contribution is -0.182. The Morgan fingerprint density at radius 2 is 2.13 bits per heavy atom. The second-order valence-electron chi connectivity index (χ2n) is 3.60. The van der Waals surface area contributed by atoms with E-state index >= 15 is 0 Å². The molecule has 5 heteroatoms. The molecule has 1 heterocycles. The van der Waals surface area contributed by atoms with Crippen molar-refractivity contribution >= 4 is 5.97 Å². The Labute approximate surface area is 89.6 Å². The van der Waals surface area contributed by atoms with Crippen LogP contribution in [0.1, 0.15) is 20.3 Å². The van der Waals surface area contributed by atoms with Crippen LogP contribution in [0, 0.1) is 0 Å². The molecule has 0 aromatic heterocycles. The smallest absolute Gasteiger partial charge is 0.303 e. The van der Waals surface area contributed by atoms with E-state index in [0.29, 0.717) is 6.42 Å². The van der Waals surface area contributed by atoms with Crippen molar-refractivity contribution < 1.29 is 23.7 Å². The summed E-state index contributed by atoms with van der Waals surface area (Å²) in [6, 6.07) is 0. The fraction of sp³-hybridized carbons (Fsp3) is 0.900. The monoisotopic (exact) mass is 218 g/mol. The minimum absolute atomic E-state index is 0.0387. The highest BCUT2D eigenvalue weighted by Gasteiger charge is 2.40. The minimum Gasteiger partial charge on any atom is -0.457 e. The summed E-state index contributed by atoms with van der Waals surface area (Å²) < 4.78 is 20.9. The largest absolute Gasteiger partial charge is 0.457 e. The molecule has 1 rings (SSSR count). The van der Waals surface area contributed by atoms with Crippen molar-refractivity contribution in [3.05, 3.63) is 0 Å². The van der Waals surface area contributed by atoms with Crippen LogP contribution >= 0.6 is 0 Å². The maximum Gasteiger partial charge on any atom is 0.303 e. The molecule has 0 spiro atoms. The van der Waals surface area contributed by atoms with Gasteiger partial charge >= 0.3 is 5.97 Å². The molecule has 0 amide bonds. The van der Waals surface area contributed by atoms with E-state index in [1.54, 1.807) is 7.11 Å². The lowest BCUT2D eigenvalue weighted by atomic mass is 10.1. The third-order valence-electron chi connectivity index (χ3n) is 2.52. The van der Waals surface area contributed by atoms with Gasteiger partial charge in [0, 0.05) is 27.6 Å². The lowest BCUT2D eigenvalue weighted by Gasteiger charge is -2.17. The van der Waals surface area contributed by atoms with Crippen LogP contribution in [0.3, 0.4) is 0 Å². The topological polar surface area (TPSA) is 54.0 Å². The number of carbonyl (C=O) groups is 1. The Kier molecular flexibility index (Phi) is 4.50. The molecule has 0 saturated carbocycles. The van der Waals surface area contributed by atoms with E-state index in [2.05, 4.69) is 0 Å². The first-order chi connectivity index (χ1) is 7.08. The Balaban J connectivity index is 2.54. The van der Waals surface area contributed by atoms with Gasteiger partial charge in [0.2, 0.25) is 0 Å². The fourth-order valence-electron chi connectivity index (χ4n) is 1.63. The van der Waals surface area contributed by atoms with Crippen molar-refractivity contribution in [3.63, 3.8) is 0 Å². The molecule has 15 heavy (non-hydrogen) atoms. The third kappa shape index (κ3) is 3.15. The molecule has 0 bridgehead atoms. The summed E-state index contributed by atoms with van der Waals surface area (Å²) in [7, 11) is 3.15. The molecular weight excluding hydrogens is 200 g/mol. The van der Waals surface area contributed by atoms with Crippen LogP contribution in [0.2, 0.25) is 0 Å². The third-order valence-corrected chi connectivity index (χ3v) is 2.52. The summed E-state index contributed by atoms with van der Waals surface area (Å²) in [5, 5.41) is 0. The Bertz CT molecular complexity index is 218. The summed E-state index contributed by atoms with van der Waals surface area (Å²) in [5.41, 5.74) is 0. The number of methoxy groups -OCH3 is 2. The molecule has 0 aliphatic carbocycles. The molecule has 1 aliphatic rings. The van der Waals surface area contributed by atoms with Gasteiger partial charge in [0.05, 0.1) is 12.2 Å². The molecule has 88 valence electrons. The molecular formula is C10H18O5. The van der Waals surface area contributed by atoms with Crippen LogP contribution in [0.5, 0.6) is 0 Å². The average molecular weight is 218 g/mol. The molecule has 0 radical (unpaired) electrons. The molecule has 1 fully saturated rings. The van der Waals surface area contributed by atoms with Gasteiger partial charge in [-0.05, 0) is 6.92 Å². The van der Waals surface area contributed by atoms with Crippen LogP contribution in [-0.4, -0.2) is 44.8 Å². The summed E-state index contributed by atoms with van der Waals surface area (Å²) >= 11 is 0. The van der Waals surface area contributed by atoms with Crippen molar-refractivity contribution in [2.45, 2.75) is 44.9 Å². The zero-order chi connectivity index (χ0) is 11.4. The zero-order valence-electron chi connectivity index (χ0n) is 9.56. The van der Waals surface area contributed by atoms with Crippen LogP contribution in [0.25, 0.3) is 0 Å². The first kappa shape index (κ1) is 12.4. The van der Waals surface area contributed by atoms with Gasteiger partial charge in [-0.1, -0.05) is 0 Å². The van der Waals surface area contributed by atoms with Crippen LogP contribution < -0.4 is 0 Å². The SMILES string of the molecule is COC1O[C@H]([C@@H](C)OC)C[C@H]1OC(C)=O. The molecule has 4 atom stereocenters. The summed E-state index contributed by atoms with van der Waals surface area (Å²) in [6.45, 7) is 3.29. The van der Waals surface area contributed by atoms with Crippen molar-refractivity contribution in [2.75, 3.05) is 14.2 Å². The van der Waals surface area contributed by atoms with Gasteiger partial charge in [-0.2, -0.15) is 0 Å². The average Bonchev–Trinajstić information content (AvgIpc) is 2.59. The molecule has 1 saturated heterocycles. The molecule has 5 nitrogen and oxygen atoms in total. The van der Waals surface area contributed by atoms with Crippen LogP contribution in [0.15, 0.2) is 0 Å². The Morgan fingerprint density at radius 1 is 1.47 bits per heavy atom. The predicted octanol–water partition coefficient (Wildman–Crippen LogP) is 0.714. The van der Waals surface area contributed by atoms with E-state index in [4.69, 9.17) is 18.9 Å². The quantitative estimate of drug-likeness (QED) is 0.651. The van der Waals surface area contributed by atoms with Crippen molar-refractivity contribution in [2.24, 2.45) is 0 Å². The highest BCUT2D eigenvalue weighted by molar-refractivity contribution is 5.66. The standard InChI is InChI=1S/C10H18O5/c1-6(12-3)8-5-9(14-7(2)11)10(13-4)15-8/h6,8-10H,5H2,1-4H3/t6-,8+,9-,10?/m1/s1. The first-order valence-electron chi connectivity index (χ1n) is 4.96. The number of rotatable bonds is 4. The Hall–Kier alpha value is -0.650. The molecule has 1 unspecified atom stereocenters. The van der Waals surface area contributed by atoms with E-state index in [1.165, 1.54) is 14.0 Å². The summed E-state index contributed by atoms with van der Waals surface area (Å²) in [4.78, 5) is 10.8. The van der Waals surface area contributed by atoms with Gasteiger partial charge in [0.15, 0.2) is 12.4 Å². The van der Waals surface area contributed by atoms with Gasteiger partial charge in [-0.3, -0.25) is 4.79 Å². The van der Waals surface area contributed by atoms with Crippen LogP contribution in [0.4, 0.5) is 0 Å². The maximum atomic E-state index is 10.8. The van der Waals surface area contributed by atoms with E-state index in [0.717, 1.165) is 0 Å². The summed E-state index contributed by atoms with van der Waals surface area (Å²) in [5.74, 6) is -0.323. The highest BCUT2D eigenvalue weighted by atomic mass is 16.7. The van der Waals surface area contributed by atoms with Gasteiger partial charge in [-0.15, -0.1) is 0 Å². The van der Waals surface area contributed by atoms with Crippen molar-refractivity contribution in [1.82, 2.24) is 0 Å². The summed E-state index contributed by atoms with van der Waals surface area (Å²) in [6.07, 6.45) is -0.355. The van der Waals surface area contributed by atoms with Crippen LogP contribution in [-0.2, 0) is 23.7 Å². The van der Waals surface area contributed by atoms with Gasteiger partial charge in [0.1, 0.15) is 0 Å². The van der Waals surface area contributed by atoms with Crippen molar-refractivity contribution in [1.29, 1.82) is 0 Å². The van der Waals surface area contributed by atoms with E-state index in [9.17, 15) is 4.79 Å². The normalized spacial score (nSPS) is 32.7. The second-order valence-corrected chi connectivity index (χ2v) is 3.60. The second kappa shape index (κ2) is 5.44. The molecule has 0 aromatic carbocycles. The Morgan fingerprint density at radius 3 is 2.60 bits per heavy atom. The minimum atomic E-state index is -0.489. The number of ether oxygens (including phenoxy) is 4. The predicted molar refractivity (Wildman–Crippen MR) is 52.3 cm³/mol. The van der Waals surface area contributed by atoms with E-state index < -0.39 is 6.29 Å². The van der Waals surface area contributed by atoms with Gasteiger partial charge < -0.3 is 18.9 Å². The lowest BCUT2D eigenvalue weighted by Crippen LogP contribution is -2.27. The molecule has 0 N–H and O–H groups in total. The molecule has 0 aromatic rings. The number of hydrogen-bond acceptors (Lipinski definition) is 5. The van der Waals surface area contributed by atoms with Crippen molar-refractivity contribution in [3.8, 4) is 0 Å². The highest BCUT2D eigenvalue weighted by Crippen LogP contribution is 2.26. The number of esters is 1. The fourth-order valence-corrected chi connectivity index (χ4v) is 1.63. The molecule has 1 aliphatic heterocycles.